The van der Waals surface area contributed by atoms with Gasteiger partial charge in [0.2, 0.25) is 5.95 Å². The smallest absolute Gasteiger partial charge is 0.279 e. The van der Waals surface area contributed by atoms with Crippen molar-refractivity contribution in [1.82, 2.24) is 9.38 Å². The van der Waals surface area contributed by atoms with Gasteiger partial charge in [0.1, 0.15) is 5.65 Å². The largest absolute Gasteiger partial charge is 0.320 e. The van der Waals surface area contributed by atoms with Crippen LogP contribution in [0.2, 0.25) is 0 Å². The molecule has 0 aliphatic carbocycles. The van der Waals surface area contributed by atoms with Crippen LogP contribution < -0.4 is 5.32 Å². The summed E-state index contributed by atoms with van der Waals surface area (Å²) in [5.41, 5.74) is 0.230. The van der Waals surface area contributed by atoms with Gasteiger partial charge < -0.3 is 5.32 Å². The molecule has 0 aliphatic heterocycles. The number of aromatic nitrogens is 2. The van der Waals surface area contributed by atoms with Crippen LogP contribution in [0.4, 0.5) is 23.2 Å². The molecule has 0 atom stereocenters. The van der Waals surface area contributed by atoms with Gasteiger partial charge in [-0.05, 0) is 35.9 Å². The lowest BCUT2D eigenvalue weighted by Crippen LogP contribution is -2.15. The quantitative estimate of drug-likeness (QED) is 0.406. The van der Waals surface area contributed by atoms with Crippen LogP contribution >= 0.6 is 0 Å². The molecule has 8 heteroatoms. The maximum Gasteiger partial charge on any atom is 0.279 e. The summed E-state index contributed by atoms with van der Waals surface area (Å²) in [6, 6.07) is 12.5. The van der Waals surface area contributed by atoms with Crippen molar-refractivity contribution >= 4 is 17.2 Å². The van der Waals surface area contributed by atoms with Gasteiger partial charge in [0, 0.05) is 17.4 Å². The van der Waals surface area contributed by atoms with Crippen molar-refractivity contribution < 1.29 is 22.4 Å². The minimum atomic E-state index is -1.59. The molecule has 140 valence electrons. The fourth-order valence-electron chi connectivity index (χ4n) is 2.85. The first kappa shape index (κ1) is 17.7. The van der Waals surface area contributed by atoms with Gasteiger partial charge in [-0.15, -0.1) is 0 Å². The number of carbonyl (C=O) groups is 1. The Morgan fingerprint density at radius 1 is 0.929 bits per heavy atom. The Labute approximate surface area is 156 Å². The molecule has 0 bridgehead atoms. The fraction of sp³-hybridized carbons (Fsp3) is 0. The number of pyridine rings is 1. The molecule has 2 heterocycles. The SMILES string of the molecule is O=C(Nc1ccccc1-c1cc(F)c(F)c(F)c1)c1nc2ccccn2c1F. The Kier molecular flexibility index (Phi) is 4.31. The summed E-state index contributed by atoms with van der Waals surface area (Å²) < 4.78 is 56.0. The maximum atomic E-state index is 14.5. The van der Waals surface area contributed by atoms with E-state index >= 15 is 0 Å². The summed E-state index contributed by atoms with van der Waals surface area (Å²) in [6.07, 6.45) is 1.42. The average molecular weight is 385 g/mol. The Bertz CT molecular complexity index is 1200. The molecule has 2 aromatic carbocycles. The Morgan fingerprint density at radius 3 is 2.32 bits per heavy atom. The van der Waals surface area contributed by atoms with E-state index < -0.39 is 35.0 Å². The van der Waals surface area contributed by atoms with Crippen LogP contribution in [0, 0.1) is 23.4 Å². The third-order valence-electron chi connectivity index (χ3n) is 4.16. The number of halogens is 4. The zero-order valence-corrected chi connectivity index (χ0v) is 14.1. The summed E-state index contributed by atoms with van der Waals surface area (Å²) in [5.74, 6) is -5.98. The maximum absolute atomic E-state index is 14.5. The second kappa shape index (κ2) is 6.80. The third kappa shape index (κ3) is 2.98. The molecule has 0 aliphatic rings. The summed E-state index contributed by atoms with van der Waals surface area (Å²) in [5, 5.41) is 2.49. The fourth-order valence-corrected chi connectivity index (χ4v) is 2.85. The first-order chi connectivity index (χ1) is 13.5. The van der Waals surface area contributed by atoms with Crippen molar-refractivity contribution in [2.24, 2.45) is 0 Å². The summed E-state index contributed by atoms with van der Waals surface area (Å²) >= 11 is 0. The van der Waals surface area contributed by atoms with Gasteiger partial charge in [-0.25, -0.2) is 18.2 Å². The van der Waals surface area contributed by atoms with Gasteiger partial charge in [0.25, 0.3) is 5.91 Å². The molecule has 4 aromatic rings. The topological polar surface area (TPSA) is 46.4 Å². The number of nitrogens with zero attached hydrogens (tertiary/aromatic N) is 2. The molecule has 4 rings (SSSR count). The monoisotopic (exact) mass is 385 g/mol. The number of fused-ring (bicyclic) bond motifs is 1. The minimum Gasteiger partial charge on any atom is -0.320 e. The van der Waals surface area contributed by atoms with Crippen molar-refractivity contribution in [2.75, 3.05) is 5.32 Å². The number of carbonyl (C=O) groups excluding carboxylic acids is 1. The van der Waals surface area contributed by atoms with E-state index in [9.17, 15) is 22.4 Å². The van der Waals surface area contributed by atoms with Crippen LogP contribution in [0.5, 0.6) is 0 Å². The molecule has 0 saturated heterocycles. The molecule has 0 spiro atoms. The summed E-state index contributed by atoms with van der Waals surface area (Å²) in [7, 11) is 0. The number of hydrogen-bond acceptors (Lipinski definition) is 2. The normalized spacial score (nSPS) is 11.0. The number of imidazole rings is 1. The molecule has 28 heavy (non-hydrogen) atoms. The number of hydrogen-bond donors (Lipinski definition) is 1. The zero-order valence-electron chi connectivity index (χ0n) is 14.1. The molecule has 0 radical (unpaired) electrons. The van der Waals surface area contributed by atoms with Gasteiger partial charge in [0.05, 0.1) is 0 Å². The standard InChI is InChI=1S/C20H11F4N3O/c21-13-9-11(10-14(22)17(13)23)12-5-1-2-6-15(12)25-20(28)18-19(24)27-8-4-3-7-16(27)26-18/h1-10H,(H,25,28). The van der Waals surface area contributed by atoms with Gasteiger partial charge in [0.15, 0.2) is 23.1 Å². The molecule has 0 fully saturated rings. The number of rotatable bonds is 3. The first-order valence-corrected chi connectivity index (χ1v) is 8.13. The molecule has 0 saturated carbocycles. The number of benzene rings is 2. The van der Waals surface area contributed by atoms with Gasteiger partial charge in [-0.1, -0.05) is 24.3 Å². The van der Waals surface area contributed by atoms with Crippen LogP contribution in [0.1, 0.15) is 10.5 Å². The lowest BCUT2D eigenvalue weighted by molar-refractivity contribution is 0.101. The lowest BCUT2D eigenvalue weighted by atomic mass is 10.0. The first-order valence-electron chi connectivity index (χ1n) is 8.13. The highest BCUT2D eigenvalue weighted by Crippen LogP contribution is 2.30. The van der Waals surface area contributed by atoms with Crippen molar-refractivity contribution in [3.8, 4) is 11.1 Å². The molecule has 4 nitrogen and oxygen atoms in total. The van der Waals surface area contributed by atoms with Crippen LogP contribution in [0.3, 0.4) is 0 Å². The number of para-hydroxylation sites is 1. The molecular formula is C20H11F4N3O. The van der Waals surface area contributed by atoms with E-state index in [-0.39, 0.29) is 22.5 Å². The van der Waals surface area contributed by atoms with E-state index in [0.717, 1.165) is 16.5 Å². The van der Waals surface area contributed by atoms with E-state index in [4.69, 9.17) is 0 Å². The van der Waals surface area contributed by atoms with E-state index in [1.165, 1.54) is 24.4 Å². The minimum absolute atomic E-state index is 0.0165. The van der Waals surface area contributed by atoms with Crippen LogP contribution in [-0.2, 0) is 0 Å². The molecule has 1 N–H and O–H groups in total. The van der Waals surface area contributed by atoms with E-state index in [1.54, 1.807) is 24.3 Å². The van der Waals surface area contributed by atoms with Gasteiger partial charge >= 0.3 is 0 Å². The van der Waals surface area contributed by atoms with Gasteiger partial charge in [-0.2, -0.15) is 4.39 Å². The van der Waals surface area contributed by atoms with E-state index in [0.29, 0.717) is 0 Å². The van der Waals surface area contributed by atoms with Gasteiger partial charge in [-0.3, -0.25) is 9.20 Å². The lowest BCUT2D eigenvalue weighted by Gasteiger charge is -2.11. The van der Waals surface area contributed by atoms with Crippen LogP contribution in [0.15, 0.2) is 60.8 Å². The van der Waals surface area contributed by atoms with Crippen LogP contribution in [0.25, 0.3) is 16.8 Å². The Balaban J connectivity index is 1.73. The Hall–Kier alpha value is -3.68. The second-order valence-electron chi connectivity index (χ2n) is 5.93. The highest BCUT2D eigenvalue weighted by molar-refractivity contribution is 6.05. The number of anilines is 1. The van der Waals surface area contributed by atoms with Crippen molar-refractivity contribution in [3.05, 3.63) is 89.9 Å². The van der Waals surface area contributed by atoms with Crippen molar-refractivity contribution in [3.63, 3.8) is 0 Å². The second-order valence-corrected chi connectivity index (χ2v) is 5.93. The summed E-state index contributed by atoms with van der Waals surface area (Å²) in [6.45, 7) is 0. The molecule has 0 unspecified atom stereocenters. The highest BCUT2D eigenvalue weighted by atomic mass is 19.2. The van der Waals surface area contributed by atoms with Crippen LogP contribution in [-0.4, -0.2) is 15.3 Å². The third-order valence-corrected chi connectivity index (χ3v) is 4.16. The number of nitrogens with one attached hydrogen (secondary N) is 1. The predicted molar refractivity (Wildman–Crippen MR) is 94.9 cm³/mol. The average Bonchev–Trinajstić information content (AvgIpc) is 3.03. The Morgan fingerprint density at radius 2 is 1.61 bits per heavy atom. The molecule has 2 aromatic heterocycles. The zero-order chi connectivity index (χ0) is 19.8. The predicted octanol–water partition coefficient (Wildman–Crippen LogP) is 4.81. The summed E-state index contributed by atoms with van der Waals surface area (Å²) in [4.78, 5) is 16.5. The molecular weight excluding hydrogens is 374 g/mol. The van der Waals surface area contributed by atoms with E-state index in [2.05, 4.69) is 10.3 Å². The van der Waals surface area contributed by atoms with E-state index in [1.807, 2.05) is 0 Å². The molecule has 1 amide bonds. The van der Waals surface area contributed by atoms with Crippen molar-refractivity contribution in [2.45, 2.75) is 0 Å². The van der Waals surface area contributed by atoms with Crippen molar-refractivity contribution in [1.29, 1.82) is 0 Å². The highest BCUT2D eigenvalue weighted by Gasteiger charge is 2.21. The number of amides is 1.